The number of hydrogen-bond acceptors (Lipinski definition) is 2. The Morgan fingerprint density at radius 1 is 1.07 bits per heavy atom. The molecule has 0 saturated heterocycles. The second-order valence-corrected chi connectivity index (χ2v) is 8.12. The lowest BCUT2D eigenvalue weighted by atomic mass is 9.75. The standard InChI is InChI=1S/C17H11BrCl3F4NO2/c18-11-5-9(1-2-14(11)22)3-4-16(8-26(27)28,17(23,24)25)10-6-12(19)15(21)13(20)7-10/h1-2,5-7H,3-4,8H2. The topological polar surface area (TPSA) is 43.1 Å². The van der Waals surface area contributed by atoms with Crippen LogP contribution in [0, 0.1) is 15.9 Å². The summed E-state index contributed by atoms with van der Waals surface area (Å²) in [5.41, 5.74) is -2.96. The molecule has 0 saturated carbocycles. The minimum Gasteiger partial charge on any atom is -0.265 e. The monoisotopic (exact) mass is 521 g/mol. The lowest BCUT2D eigenvalue weighted by Gasteiger charge is -2.33. The highest BCUT2D eigenvalue weighted by atomic mass is 79.9. The van der Waals surface area contributed by atoms with Crippen molar-refractivity contribution in [2.45, 2.75) is 24.4 Å². The second-order valence-electron chi connectivity index (χ2n) is 6.07. The van der Waals surface area contributed by atoms with E-state index < -0.39 is 40.9 Å². The molecule has 0 aliphatic rings. The molecule has 0 N–H and O–H groups in total. The summed E-state index contributed by atoms with van der Waals surface area (Å²) >= 11 is 20.5. The van der Waals surface area contributed by atoms with Crippen LogP contribution >= 0.6 is 50.7 Å². The van der Waals surface area contributed by atoms with E-state index in [0.29, 0.717) is 5.56 Å². The smallest absolute Gasteiger partial charge is 0.265 e. The van der Waals surface area contributed by atoms with Gasteiger partial charge in [-0.1, -0.05) is 40.9 Å². The lowest BCUT2D eigenvalue weighted by Crippen LogP contribution is -2.48. The zero-order chi connectivity index (χ0) is 21.3. The maximum atomic E-state index is 14.1. The van der Waals surface area contributed by atoms with Gasteiger partial charge in [0.1, 0.15) is 5.82 Å². The Morgan fingerprint density at radius 3 is 2.11 bits per heavy atom. The number of nitrogens with zero attached hydrogens (tertiary/aromatic N) is 1. The third kappa shape index (κ3) is 4.90. The number of benzene rings is 2. The van der Waals surface area contributed by atoms with Gasteiger partial charge in [0.05, 0.1) is 19.5 Å². The molecule has 2 rings (SSSR count). The fraction of sp³-hybridized carbons (Fsp3) is 0.294. The Bertz CT molecular complexity index is 887. The van der Waals surface area contributed by atoms with Gasteiger partial charge in [-0.05, 0) is 64.2 Å². The number of rotatable bonds is 6. The van der Waals surface area contributed by atoms with E-state index in [9.17, 15) is 27.7 Å². The number of aryl methyl sites for hydroxylation is 1. The average molecular weight is 524 g/mol. The second kappa shape index (κ2) is 8.73. The van der Waals surface area contributed by atoms with E-state index in [1.54, 1.807) is 0 Å². The Labute approximate surface area is 180 Å². The number of halogens is 8. The molecule has 0 fully saturated rings. The van der Waals surface area contributed by atoms with Gasteiger partial charge >= 0.3 is 6.18 Å². The molecule has 0 aliphatic carbocycles. The number of hydrogen-bond donors (Lipinski definition) is 0. The molecule has 0 aromatic heterocycles. The van der Waals surface area contributed by atoms with Crippen LogP contribution in [0.15, 0.2) is 34.8 Å². The van der Waals surface area contributed by atoms with Gasteiger partial charge in [-0.25, -0.2) is 4.39 Å². The third-order valence-electron chi connectivity index (χ3n) is 4.30. The lowest BCUT2D eigenvalue weighted by molar-refractivity contribution is -0.502. The third-order valence-corrected chi connectivity index (χ3v) is 6.11. The van der Waals surface area contributed by atoms with Crippen molar-refractivity contribution in [3.8, 4) is 0 Å². The van der Waals surface area contributed by atoms with Crippen LogP contribution in [0.1, 0.15) is 17.5 Å². The first kappa shape index (κ1) is 23.2. The maximum Gasteiger partial charge on any atom is 0.404 e. The van der Waals surface area contributed by atoms with Crippen LogP contribution in [0.3, 0.4) is 0 Å². The Hall–Kier alpha value is -1.09. The summed E-state index contributed by atoms with van der Waals surface area (Å²) in [7, 11) is 0. The van der Waals surface area contributed by atoms with Gasteiger partial charge < -0.3 is 0 Å². The summed E-state index contributed by atoms with van der Waals surface area (Å²) in [5, 5.41) is 10.5. The van der Waals surface area contributed by atoms with Gasteiger partial charge in [0.25, 0.3) is 0 Å². The molecule has 2 aromatic carbocycles. The van der Waals surface area contributed by atoms with Gasteiger partial charge in [0.2, 0.25) is 6.54 Å². The van der Waals surface area contributed by atoms with E-state index in [0.717, 1.165) is 18.2 Å². The Balaban J connectivity index is 2.57. The van der Waals surface area contributed by atoms with Crippen molar-refractivity contribution in [3.63, 3.8) is 0 Å². The Kier molecular flexibility index (Phi) is 7.23. The minimum atomic E-state index is -4.99. The van der Waals surface area contributed by atoms with Gasteiger partial charge in [-0.2, -0.15) is 13.2 Å². The van der Waals surface area contributed by atoms with Gasteiger partial charge in [-0.15, -0.1) is 0 Å². The van der Waals surface area contributed by atoms with Crippen LogP contribution in [0.4, 0.5) is 17.6 Å². The zero-order valence-corrected chi connectivity index (χ0v) is 17.6. The van der Waals surface area contributed by atoms with Crippen molar-refractivity contribution in [2.24, 2.45) is 0 Å². The average Bonchev–Trinajstić information content (AvgIpc) is 2.57. The summed E-state index contributed by atoms with van der Waals surface area (Å²) in [5.74, 6) is -0.576. The van der Waals surface area contributed by atoms with Crippen LogP contribution in [-0.4, -0.2) is 17.6 Å². The zero-order valence-electron chi connectivity index (χ0n) is 13.8. The first-order valence-corrected chi connectivity index (χ1v) is 9.57. The summed E-state index contributed by atoms with van der Waals surface area (Å²) in [6, 6.07) is 5.61. The molecular formula is C17H11BrCl3F4NO2. The summed E-state index contributed by atoms with van der Waals surface area (Å²) in [6.07, 6.45) is -5.87. The molecule has 1 unspecified atom stereocenters. The van der Waals surface area contributed by atoms with Crippen LogP contribution < -0.4 is 0 Å². The SMILES string of the molecule is O=[N+]([O-])CC(CCc1ccc(F)c(Br)c1)(c1cc(Cl)c(Cl)c(Cl)c1)C(F)(F)F. The molecule has 0 spiro atoms. The molecule has 0 heterocycles. The fourth-order valence-electron chi connectivity index (χ4n) is 2.81. The van der Waals surface area contributed by atoms with Crippen molar-refractivity contribution in [1.82, 2.24) is 0 Å². The van der Waals surface area contributed by atoms with Gasteiger partial charge in [0, 0.05) is 4.92 Å². The van der Waals surface area contributed by atoms with Crippen LogP contribution in [0.5, 0.6) is 0 Å². The highest BCUT2D eigenvalue weighted by molar-refractivity contribution is 9.10. The van der Waals surface area contributed by atoms with Crippen molar-refractivity contribution in [3.05, 3.63) is 76.9 Å². The van der Waals surface area contributed by atoms with Crippen LogP contribution in [0.2, 0.25) is 15.1 Å². The van der Waals surface area contributed by atoms with Gasteiger partial charge in [0.15, 0.2) is 5.41 Å². The first-order chi connectivity index (χ1) is 12.9. The Morgan fingerprint density at radius 2 is 1.64 bits per heavy atom. The van der Waals surface area contributed by atoms with E-state index in [2.05, 4.69) is 15.9 Å². The van der Waals surface area contributed by atoms with E-state index in [4.69, 9.17) is 34.8 Å². The van der Waals surface area contributed by atoms with Crippen molar-refractivity contribution in [2.75, 3.05) is 6.54 Å². The molecule has 0 bridgehead atoms. The number of alkyl halides is 3. The minimum absolute atomic E-state index is 0.0782. The summed E-state index contributed by atoms with van der Waals surface area (Å²) in [4.78, 5) is 10.1. The largest absolute Gasteiger partial charge is 0.404 e. The highest BCUT2D eigenvalue weighted by Gasteiger charge is 2.59. The van der Waals surface area contributed by atoms with E-state index in [1.807, 2.05) is 0 Å². The van der Waals surface area contributed by atoms with Gasteiger partial charge in [-0.3, -0.25) is 10.1 Å². The molecule has 152 valence electrons. The highest BCUT2D eigenvalue weighted by Crippen LogP contribution is 2.47. The molecule has 1 atom stereocenters. The van der Waals surface area contributed by atoms with E-state index in [1.165, 1.54) is 12.1 Å². The normalized spacial score (nSPS) is 14.0. The van der Waals surface area contributed by atoms with E-state index >= 15 is 0 Å². The fourth-order valence-corrected chi connectivity index (χ4v) is 3.84. The quantitative estimate of drug-likeness (QED) is 0.173. The predicted molar refractivity (Wildman–Crippen MR) is 103 cm³/mol. The van der Waals surface area contributed by atoms with Crippen molar-refractivity contribution >= 4 is 50.7 Å². The van der Waals surface area contributed by atoms with Crippen molar-refractivity contribution in [1.29, 1.82) is 0 Å². The van der Waals surface area contributed by atoms with Crippen LogP contribution in [-0.2, 0) is 11.8 Å². The molecule has 3 nitrogen and oxygen atoms in total. The maximum absolute atomic E-state index is 14.1. The molecule has 2 aromatic rings. The summed E-state index contributed by atoms with van der Waals surface area (Å²) in [6.45, 7) is -1.42. The molecular weight excluding hydrogens is 512 g/mol. The molecule has 11 heteroatoms. The van der Waals surface area contributed by atoms with Crippen LogP contribution in [0.25, 0.3) is 0 Å². The van der Waals surface area contributed by atoms with E-state index in [-0.39, 0.29) is 26.0 Å². The molecule has 0 aliphatic heterocycles. The molecule has 28 heavy (non-hydrogen) atoms. The summed E-state index contributed by atoms with van der Waals surface area (Å²) < 4.78 is 55.9. The number of nitro groups is 1. The first-order valence-electron chi connectivity index (χ1n) is 7.65. The molecule has 0 radical (unpaired) electrons. The molecule has 0 amide bonds. The predicted octanol–water partition coefficient (Wildman–Crippen LogP) is 7.26. The van der Waals surface area contributed by atoms with Crippen molar-refractivity contribution < 1.29 is 22.5 Å².